The number of hydrogen-bond acceptors (Lipinski definition) is 0. The Labute approximate surface area is 73.7 Å². The highest BCUT2D eigenvalue weighted by Crippen LogP contribution is 2.37. The second-order valence-corrected chi connectivity index (χ2v) is 2.99. The summed E-state index contributed by atoms with van der Waals surface area (Å²) in [6.07, 6.45) is -2.06. The summed E-state index contributed by atoms with van der Waals surface area (Å²) in [6, 6.07) is 6.38. The average molecular weight is 184 g/mol. The molecule has 0 saturated carbocycles. The number of benzene rings is 1. The molecule has 0 amide bonds. The van der Waals surface area contributed by atoms with Gasteiger partial charge in [-0.3, -0.25) is 0 Å². The average Bonchev–Trinajstić information content (AvgIpc) is 2.15. The van der Waals surface area contributed by atoms with Gasteiger partial charge in [-0.05, 0) is 11.1 Å². The van der Waals surface area contributed by atoms with Crippen LogP contribution in [0.15, 0.2) is 35.9 Å². The molecule has 0 aromatic heterocycles. The molecule has 3 heteroatoms. The molecule has 0 heterocycles. The third-order valence-corrected chi connectivity index (χ3v) is 2.16. The van der Waals surface area contributed by atoms with Gasteiger partial charge in [0.05, 0.1) is 0 Å². The molecule has 68 valence electrons. The maximum absolute atomic E-state index is 13.1. The molecule has 13 heavy (non-hydrogen) atoms. The number of fused-ring (bicyclic) bond motifs is 1. The lowest BCUT2D eigenvalue weighted by atomic mass is 9.94. The van der Waals surface area contributed by atoms with Gasteiger partial charge in [-0.15, -0.1) is 0 Å². The number of halogens is 3. The molecule has 1 aliphatic carbocycles. The molecule has 0 bridgehead atoms. The molecule has 1 atom stereocenters. The fraction of sp³-hybridized carbons (Fsp3) is 0.200. The molecule has 1 unspecified atom stereocenters. The molecule has 0 N–H and O–H groups in total. The van der Waals surface area contributed by atoms with E-state index in [-0.39, 0.29) is 12.0 Å². The Morgan fingerprint density at radius 1 is 1.15 bits per heavy atom. The van der Waals surface area contributed by atoms with Crippen LogP contribution in [0.3, 0.4) is 0 Å². The maximum atomic E-state index is 13.1. The van der Waals surface area contributed by atoms with Crippen LogP contribution in [0.4, 0.5) is 13.2 Å². The molecule has 1 aromatic carbocycles. The van der Waals surface area contributed by atoms with Crippen LogP contribution in [0.1, 0.15) is 17.3 Å². The predicted molar refractivity (Wildman–Crippen MR) is 43.2 cm³/mol. The van der Waals surface area contributed by atoms with Crippen LogP contribution in [-0.4, -0.2) is 0 Å². The third-order valence-electron chi connectivity index (χ3n) is 2.16. The zero-order chi connectivity index (χ0) is 9.42. The van der Waals surface area contributed by atoms with Gasteiger partial charge in [-0.2, -0.15) is 0 Å². The summed E-state index contributed by atoms with van der Waals surface area (Å²) in [4.78, 5) is 0. The summed E-state index contributed by atoms with van der Waals surface area (Å²) in [7, 11) is 0. The van der Waals surface area contributed by atoms with Crippen molar-refractivity contribution in [1.29, 1.82) is 0 Å². The minimum Gasteiger partial charge on any atom is -0.234 e. The van der Waals surface area contributed by atoms with Crippen molar-refractivity contribution in [3.63, 3.8) is 0 Å². The highest BCUT2D eigenvalue weighted by Gasteiger charge is 2.27. The highest BCUT2D eigenvalue weighted by atomic mass is 19.2. The van der Waals surface area contributed by atoms with Gasteiger partial charge in [-0.1, -0.05) is 24.3 Å². The van der Waals surface area contributed by atoms with Crippen LogP contribution >= 0.6 is 0 Å². The minimum atomic E-state index is -1.93. The van der Waals surface area contributed by atoms with Crippen molar-refractivity contribution >= 4 is 0 Å². The van der Waals surface area contributed by atoms with Crippen molar-refractivity contribution < 1.29 is 13.2 Å². The van der Waals surface area contributed by atoms with Crippen molar-refractivity contribution in [3.05, 3.63) is 47.0 Å². The molecule has 1 aromatic rings. The van der Waals surface area contributed by atoms with Crippen molar-refractivity contribution in [2.75, 3.05) is 0 Å². The SMILES string of the molecule is FC1=C(F)C(F)c2ccccc2C1. The van der Waals surface area contributed by atoms with Crippen LogP contribution in [-0.2, 0) is 6.42 Å². The molecule has 1 aliphatic rings. The number of allylic oxidation sites excluding steroid dienone is 2. The van der Waals surface area contributed by atoms with E-state index in [9.17, 15) is 13.2 Å². The van der Waals surface area contributed by atoms with Gasteiger partial charge in [0.2, 0.25) is 0 Å². The van der Waals surface area contributed by atoms with Crippen LogP contribution in [0.2, 0.25) is 0 Å². The normalized spacial score (nSPS) is 21.6. The summed E-state index contributed by atoms with van der Waals surface area (Å²) in [5.41, 5.74) is 0.760. The first kappa shape index (κ1) is 8.35. The predicted octanol–water partition coefficient (Wildman–Crippen LogP) is 3.40. The zero-order valence-corrected chi connectivity index (χ0v) is 6.73. The molecule has 0 saturated heterocycles. The summed E-state index contributed by atoms with van der Waals surface area (Å²) in [6.45, 7) is 0. The highest BCUT2D eigenvalue weighted by molar-refractivity contribution is 5.39. The van der Waals surface area contributed by atoms with Crippen molar-refractivity contribution in [2.45, 2.75) is 12.6 Å². The Morgan fingerprint density at radius 3 is 2.62 bits per heavy atom. The van der Waals surface area contributed by atoms with Gasteiger partial charge in [0.15, 0.2) is 12.0 Å². The summed E-state index contributed by atoms with van der Waals surface area (Å²) in [5.74, 6) is -2.27. The molecule has 0 nitrogen and oxygen atoms in total. The Hall–Kier alpha value is -1.25. The van der Waals surface area contributed by atoms with E-state index in [0.717, 1.165) is 0 Å². The van der Waals surface area contributed by atoms with Crippen LogP contribution in [0, 0.1) is 0 Å². The molecular formula is C10H7F3. The number of rotatable bonds is 0. The van der Waals surface area contributed by atoms with E-state index in [1.165, 1.54) is 6.07 Å². The number of hydrogen-bond donors (Lipinski definition) is 0. The van der Waals surface area contributed by atoms with E-state index in [1.807, 2.05) is 0 Å². The lowest BCUT2D eigenvalue weighted by Crippen LogP contribution is -2.07. The van der Waals surface area contributed by atoms with Gasteiger partial charge in [0, 0.05) is 6.42 Å². The summed E-state index contributed by atoms with van der Waals surface area (Å²) >= 11 is 0. The monoisotopic (exact) mass is 184 g/mol. The van der Waals surface area contributed by atoms with Gasteiger partial charge in [-0.25, -0.2) is 13.2 Å². The zero-order valence-electron chi connectivity index (χ0n) is 6.73. The van der Waals surface area contributed by atoms with Gasteiger partial charge in [0.1, 0.15) is 5.83 Å². The maximum Gasteiger partial charge on any atom is 0.179 e. The number of alkyl halides is 1. The third kappa shape index (κ3) is 1.24. The van der Waals surface area contributed by atoms with Gasteiger partial charge >= 0.3 is 0 Å². The standard InChI is InChI=1S/C10H7F3/c11-8-5-6-3-1-2-4-7(6)9(12)10(8)13/h1-4,9H,5H2. The lowest BCUT2D eigenvalue weighted by Gasteiger charge is -2.17. The molecule has 0 fully saturated rings. The fourth-order valence-electron chi connectivity index (χ4n) is 1.47. The van der Waals surface area contributed by atoms with E-state index < -0.39 is 17.8 Å². The molecule has 2 rings (SSSR count). The lowest BCUT2D eigenvalue weighted by molar-refractivity contribution is 0.306. The van der Waals surface area contributed by atoms with E-state index in [4.69, 9.17) is 0 Å². The summed E-state index contributed by atoms with van der Waals surface area (Å²) in [5, 5.41) is 0. The molecule has 0 radical (unpaired) electrons. The second-order valence-electron chi connectivity index (χ2n) is 2.99. The Morgan fingerprint density at radius 2 is 1.85 bits per heavy atom. The van der Waals surface area contributed by atoms with Crippen LogP contribution < -0.4 is 0 Å². The first-order valence-electron chi connectivity index (χ1n) is 3.96. The Bertz CT molecular complexity index is 368. The first-order chi connectivity index (χ1) is 6.20. The van der Waals surface area contributed by atoms with Crippen molar-refractivity contribution in [1.82, 2.24) is 0 Å². The topological polar surface area (TPSA) is 0 Å². The largest absolute Gasteiger partial charge is 0.234 e. The Kier molecular flexibility index (Phi) is 1.87. The second kappa shape index (κ2) is 2.91. The first-order valence-corrected chi connectivity index (χ1v) is 3.96. The molecular weight excluding hydrogens is 177 g/mol. The van der Waals surface area contributed by atoms with Crippen molar-refractivity contribution in [3.8, 4) is 0 Å². The summed E-state index contributed by atoms with van der Waals surface area (Å²) < 4.78 is 38.7. The van der Waals surface area contributed by atoms with Crippen LogP contribution in [0.5, 0.6) is 0 Å². The van der Waals surface area contributed by atoms with E-state index >= 15 is 0 Å². The fourth-order valence-corrected chi connectivity index (χ4v) is 1.47. The molecule has 0 spiro atoms. The molecule has 0 aliphatic heterocycles. The quantitative estimate of drug-likeness (QED) is 0.579. The van der Waals surface area contributed by atoms with Crippen LogP contribution in [0.25, 0.3) is 0 Å². The van der Waals surface area contributed by atoms with Crippen molar-refractivity contribution in [2.24, 2.45) is 0 Å². The van der Waals surface area contributed by atoms with E-state index in [2.05, 4.69) is 0 Å². The Balaban J connectivity index is 2.52. The smallest absolute Gasteiger partial charge is 0.179 e. The van der Waals surface area contributed by atoms with E-state index in [0.29, 0.717) is 5.56 Å². The van der Waals surface area contributed by atoms with E-state index in [1.54, 1.807) is 18.2 Å². The minimum absolute atomic E-state index is 0.136. The van der Waals surface area contributed by atoms with Gasteiger partial charge < -0.3 is 0 Å². The van der Waals surface area contributed by atoms with Gasteiger partial charge in [0.25, 0.3) is 0 Å².